The van der Waals surface area contributed by atoms with Crippen LogP contribution in [-0.4, -0.2) is 38.0 Å². The maximum absolute atomic E-state index is 12.2. The number of nitrogens with one attached hydrogen (secondary N) is 2. The Morgan fingerprint density at radius 3 is 1.97 bits per heavy atom. The van der Waals surface area contributed by atoms with E-state index in [1.165, 1.54) is 28.7 Å². The minimum atomic E-state index is -0.345. The number of unbranched alkanes of at least 4 members (excludes halogenated alkanes) is 7. The van der Waals surface area contributed by atoms with E-state index in [9.17, 15) is 14.4 Å². The van der Waals surface area contributed by atoms with Crippen LogP contribution >= 0.6 is 0 Å². The van der Waals surface area contributed by atoms with Crippen LogP contribution in [0.3, 0.4) is 0 Å². The number of aldehydes is 1. The SMILES string of the molecule is O=CCCNC(=O)CCCCCCCCCCOC(=O)NCC1c2ccccc2-c2ccccc21. The van der Waals surface area contributed by atoms with Crippen molar-refractivity contribution in [2.75, 3.05) is 19.7 Å². The highest BCUT2D eigenvalue weighted by Gasteiger charge is 2.28. The Morgan fingerprint density at radius 2 is 1.34 bits per heavy atom. The average Bonchev–Trinajstić information content (AvgIpc) is 3.20. The molecule has 1 aliphatic carbocycles. The number of rotatable bonds is 16. The molecule has 0 saturated carbocycles. The van der Waals surface area contributed by atoms with E-state index < -0.39 is 0 Å². The van der Waals surface area contributed by atoms with Gasteiger partial charge in [-0.3, -0.25) is 4.79 Å². The average molecular weight is 479 g/mol. The predicted octanol–water partition coefficient (Wildman–Crippen LogP) is 5.74. The van der Waals surface area contributed by atoms with Gasteiger partial charge in [-0.15, -0.1) is 0 Å². The lowest BCUT2D eigenvalue weighted by Crippen LogP contribution is -2.29. The Hall–Kier alpha value is -3.15. The van der Waals surface area contributed by atoms with E-state index in [2.05, 4.69) is 47.0 Å². The molecule has 0 unspecified atom stereocenters. The molecular weight excluding hydrogens is 440 g/mol. The molecule has 2 N–H and O–H groups in total. The summed E-state index contributed by atoms with van der Waals surface area (Å²) in [5.41, 5.74) is 5.01. The van der Waals surface area contributed by atoms with E-state index in [1.54, 1.807) is 0 Å². The van der Waals surface area contributed by atoms with Gasteiger partial charge in [-0.25, -0.2) is 4.79 Å². The first-order valence-electron chi connectivity index (χ1n) is 13.0. The van der Waals surface area contributed by atoms with Crippen molar-refractivity contribution in [3.63, 3.8) is 0 Å². The first kappa shape index (κ1) is 26.5. The lowest BCUT2D eigenvalue weighted by molar-refractivity contribution is -0.121. The molecule has 0 atom stereocenters. The number of benzene rings is 2. The summed E-state index contributed by atoms with van der Waals surface area (Å²) in [5.74, 6) is 0.195. The third-order valence-corrected chi connectivity index (χ3v) is 6.53. The van der Waals surface area contributed by atoms with E-state index in [-0.39, 0.29) is 17.9 Å². The molecule has 0 heterocycles. The molecule has 188 valence electrons. The summed E-state index contributed by atoms with van der Waals surface area (Å²) >= 11 is 0. The fraction of sp³-hybridized carbons (Fsp3) is 0.483. The first-order chi connectivity index (χ1) is 17.2. The quantitative estimate of drug-likeness (QED) is 0.238. The molecule has 0 aromatic heterocycles. The van der Waals surface area contributed by atoms with Gasteiger partial charge in [-0.05, 0) is 35.1 Å². The monoisotopic (exact) mass is 478 g/mol. The molecule has 0 radical (unpaired) electrons. The molecule has 0 saturated heterocycles. The topological polar surface area (TPSA) is 84.5 Å². The van der Waals surface area contributed by atoms with Crippen LogP contribution in [0.4, 0.5) is 4.79 Å². The summed E-state index contributed by atoms with van der Waals surface area (Å²) in [5, 5.41) is 5.70. The van der Waals surface area contributed by atoms with Gasteiger partial charge in [0.25, 0.3) is 0 Å². The van der Waals surface area contributed by atoms with Crippen molar-refractivity contribution in [1.29, 1.82) is 0 Å². The van der Waals surface area contributed by atoms with Gasteiger partial charge in [0.1, 0.15) is 6.29 Å². The van der Waals surface area contributed by atoms with Crippen molar-refractivity contribution >= 4 is 18.3 Å². The van der Waals surface area contributed by atoms with Crippen LogP contribution in [0, 0.1) is 0 Å². The summed E-state index contributed by atoms with van der Waals surface area (Å²) in [6.07, 6.45) is 9.87. The second-order valence-electron chi connectivity index (χ2n) is 9.13. The maximum Gasteiger partial charge on any atom is 0.407 e. The zero-order chi connectivity index (χ0) is 24.7. The number of amides is 2. The molecule has 0 aliphatic heterocycles. The van der Waals surface area contributed by atoms with Crippen LogP contribution in [0.15, 0.2) is 48.5 Å². The second-order valence-corrected chi connectivity index (χ2v) is 9.13. The minimum absolute atomic E-state index is 0.0359. The third kappa shape index (κ3) is 8.53. The molecule has 1 aliphatic rings. The molecule has 2 aromatic rings. The fourth-order valence-electron chi connectivity index (χ4n) is 4.69. The van der Waals surface area contributed by atoms with Crippen molar-refractivity contribution in [3.8, 4) is 11.1 Å². The zero-order valence-electron chi connectivity index (χ0n) is 20.6. The number of carbonyl (C=O) groups excluding carboxylic acids is 3. The van der Waals surface area contributed by atoms with Gasteiger partial charge in [-0.1, -0.05) is 87.1 Å². The van der Waals surface area contributed by atoms with Crippen molar-refractivity contribution in [2.24, 2.45) is 0 Å². The van der Waals surface area contributed by atoms with Crippen LogP contribution in [0.25, 0.3) is 11.1 Å². The van der Waals surface area contributed by atoms with E-state index in [0.29, 0.717) is 32.5 Å². The Balaban J connectivity index is 1.19. The lowest BCUT2D eigenvalue weighted by Gasteiger charge is -2.14. The van der Waals surface area contributed by atoms with Crippen molar-refractivity contribution < 1.29 is 19.1 Å². The minimum Gasteiger partial charge on any atom is -0.450 e. The summed E-state index contributed by atoms with van der Waals surface area (Å²) in [6.45, 7) is 1.42. The first-order valence-corrected chi connectivity index (χ1v) is 13.0. The summed E-state index contributed by atoms with van der Waals surface area (Å²) < 4.78 is 5.39. The number of alkyl carbamates (subject to hydrolysis) is 1. The third-order valence-electron chi connectivity index (χ3n) is 6.53. The van der Waals surface area contributed by atoms with Gasteiger partial charge in [-0.2, -0.15) is 0 Å². The van der Waals surface area contributed by atoms with Crippen LogP contribution in [0.1, 0.15) is 81.3 Å². The van der Waals surface area contributed by atoms with Crippen LogP contribution in [0.5, 0.6) is 0 Å². The summed E-state index contributed by atoms with van der Waals surface area (Å²) in [4.78, 5) is 34.0. The highest BCUT2D eigenvalue weighted by atomic mass is 16.5. The predicted molar refractivity (Wildman–Crippen MR) is 138 cm³/mol. The second kappa shape index (κ2) is 15.0. The summed E-state index contributed by atoms with van der Waals surface area (Å²) in [7, 11) is 0. The van der Waals surface area contributed by atoms with E-state index >= 15 is 0 Å². The van der Waals surface area contributed by atoms with Gasteiger partial charge in [0.15, 0.2) is 0 Å². The molecule has 6 heteroatoms. The molecule has 0 fully saturated rings. The van der Waals surface area contributed by atoms with Crippen molar-refractivity contribution in [2.45, 2.75) is 70.1 Å². The molecule has 0 bridgehead atoms. The number of ether oxygens (including phenoxy) is 1. The van der Waals surface area contributed by atoms with E-state index in [0.717, 1.165) is 51.2 Å². The van der Waals surface area contributed by atoms with E-state index in [4.69, 9.17) is 4.74 Å². The molecular formula is C29H38N2O4. The van der Waals surface area contributed by atoms with Gasteiger partial charge < -0.3 is 20.2 Å². The molecule has 2 aromatic carbocycles. The van der Waals surface area contributed by atoms with Gasteiger partial charge >= 0.3 is 6.09 Å². The molecule has 3 rings (SSSR count). The lowest BCUT2D eigenvalue weighted by atomic mass is 9.97. The molecule has 2 amide bonds. The van der Waals surface area contributed by atoms with Crippen LogP contribution in [-0.2, 0) is 14.3 Å². The van der Waals surface area contributed by atoms with E-state index in [1.807, 2.05) is 12.1 Å². The number of carbonyl (C=O) groups is 3. The largest absolute Gasteiger partial charge is 0.450 e. The van der Waals surface area contributed by atoms with Gasteiger partial charge in [0.05, 0.1) is 6.61 Å². The standard InChI is InChI=1S/C29H38N2O4/c32-20-13-19-30-28(33)18-7-5-3-1-2-4-6-12-21-35-29(34)31-22-27-25-16-10-8-14-23(25)24-15-9-11-17-26(24)27/h8-11,14-17,20,27H,1-7,12-13,18-19,21-22H2,(H,30,33)(H,31,34). The summed E-state index contributed by atoms with van der Waals surface area (Å²) in [6, 6.07) is 16.8. The van der Waals surface area contributed by atoms with Crippen molar-refractivity contribution in [1.82, 2.24) is 10.6 Å². The number of fused-ring (bicyclic) bond motifs is 3. The van der Waals surface area contributed by atoms with Crippen LogP contribution < -0.4 is 10.6 Å². The highest BCUT2D eigenvalue weighted by Crippen LogP contribution is 2.44. The molecule has 0 spiro atoms. The van der Waals surface area contributed by atoms with Crippen LogP contribution in [0.2, 0.25) is 0 Å². The van der Waals surface area contributed by atoms with Gasteiger partial charge in [0, 0.05) is 31.8 Å². The highest BCUT2D eigenvalue weighted by molar-refractivity contribution is 5.79. The van der Waals surface area contributed by atoms with Gasteiger partial charge in [0.2, 0.25) is 5.91 Å². The molecule has 6 nitrogen and oxygen atoms in total. The Labute approximate surface area is 208 Å². The normalized spacial score (nSPS) is 12.0. The zero-order valence-corrected chi connectivity index (χ0v) is 20.6. The molecule has 35 heavy (non-hydrogen) atoms. The fourth-order valence-corrected chi connectivity index (χ4v) is 4.69. The maximum atomic E-state index is 12.2. The van der Waals surface area contributed by atoms with Crippen molar-refractivity contribution in [3.05, 3.63) is 59.7 Å². The number of hydrogen-bond acceptors (Lipinski definition) is 4. The Kier molecular flexibility index (Phi) is 11.3. The smallest absolute Gasteiger partial charge is 0.407 e. The Morgan fingerprint density at radius 1 is 0.771 bits per heavy atom. The number of hydrogen-bond donors (Lipinski definition) is 2. The Bertz CT molecular complexity index is 914.